The molecule has 0 fully saturated rings. The van der Waals surface area contributed by atoms with Gasteiger partial charge in [0.2, 0.25) is 5.78 Å². The number of carbonyl (C=O) groups is 2. The zero-order valence-corrected chi connectivity index (χ0v) is 18.7. The van der Waals surface area contributed by atoms with E-state index >= 15 is 0 Å². The molecule has 3 aromatic carbocycles. The number of fused-ring (bicyclic) bond motifs is 3. The summed E-state index contributed by atoms with van der Waals surface area (Å²) in [6, 6.07) is 26.0. The van der Waals surface area contributed by atoms with Crippen LogP contribution in [0.3, 0.4) is 0 Å². The molecule has 0 saturated heterocycles. The predicted octanol–water partition coefficient (Wildman–Crippen LogP) is 6.82. The van der Waals surface area contributed by atoms with E-state index in [0.29, 0.717) is 32.9 Å². The van der Waals surface area contributed by atoms with Crippen molar-refractivity contribution in [2.75, 3.05) is 6.61 Å². The summed E-state index contributed by atoms with van der Waals surface area (Å²) >= 11 is 6.14. The van der Waals surface area contributed by atoms with Crippen LogP contribution in [0.15, 0.2) is 91.1 Å². The van der Waals surface area contributed by atoms with Gasteiger partial charge in [-0.1, -0.05) is 78.3 Å². The Bertz CT molecular complexity index is 1500. The molecule has 4 nitrogen and oxygen atoms in total. The minimum Gasteiger partial charge on any atom is -0.462 e. The number of nitrogens with zero attached hydrogens (tertiary/aromatic N) is 1. The van der Waals surface area contributed by atoms with Gasteiger partial charge in [-0.15, -0.1) is 0 Å². The molecule has 0 aliphatic carbocycles. The molecule has 0 atom stereocenters. The van der Waals surface area contributed by atoms with Crippen LogP contribution in [0.2, 0.25) is 5.02 Å². The van der Waals surface area contributed by atoms with Crippen molar-refractivity contribution in [3.8, 4) is 11.1 Å². The van der Waals surface area contributed by atoms with E-state index in [0.717, 1.165) is 16.3 Å². The zero-order chi connectivity index (χ0) is 22.9. The number of aromatic nitrogens is 1. The van der Waals surface area contributed by atoms with Gasteiger partial charge in [-0.25, -0.2) is 4.79 Å². The number of hydrogen-bond donors (Lipinski definition) is 0. The van der Waals surface area contributed by atoms with E-state index < -0.39 is 5.97 Å². The molecule has 2 aromatic heterocycles. The lowest BCUT2D eigenvalue weighted by atomic mass is 9.96. The third kappa shape index (κ3) is 3.59. The quantitative estimate of drug-likeness (QED) is 0.216. The molecular formula is C28H20ClNO3. The van der Waals surface area contributed by atoms with Crippen molar-refractivity contribution in [3.05, 3.63) is 113 Å². The Balaban J connectivity index is 1.96. The van der Waals surface area contributed by atoms with Crippen LogP contribution in [0.4, 0.5) is 0 Å². The van der Waals surface area contributed by atoms with Gasteiger partial charge in [-0.2, -0.15) is 0 Å². The maximum atomic E-state index is 13.9. The first-order valence-electron chi connectivity index (χ1n) is 10.7. The van der Waals surface area contributed by atoms with Crippen molar-refractivity contribution in [1.29, 1.82) is 0 Å². The van der Waals surface area contributed by atoms with Crippen molar-refractivity contribution < 1.29 is 14.3 Å². The zero-order valence-electron chi connectivity index (χ0n) is 17.9. The van der Waals surface area contributed by atoms with Gasteiger partial charge in [0.15, 0.2) is 0 Å². The SMILES string of the molecule is CCOC(=O)c1c(-c2ccc(Cl)cc2)c(C(=O)c2ccccc2)n2ccc3ccccc3c12. The second-order valence-corrected chi connectivity index (χ2v) is 8.08. The molecule has 5 rings (SSSR count). The second-order valence-electron chi connectivity index (χ2n) is 7.64. The number of ketones is 1. The number of halogens is 1. The number of pyridine rings is 1. The minimum absolute atomic E-state index is 0.179. The first-order chi connectivity index (χ1) is 16.1. The fraction of sp³-hybridized carbons (Fsp3) is 0.0714. The number of carbonyl (C=O) groups excluding carboxylic acids is 2. The van der Waals surface area contributed by atoms with E-state index in [1.165, 1.54) is 0 Å². The van der Waals surface area contributed by atoms with Crippen LogP contribution in [-0.2, 0) is 4.74 Å². The predicted molar refractivity (Wildman–Crippen MR) is 131 cm³/mol. The van der Waals surface area contributed by atoms with E-state index in [4.69, 9.17) is 16.3 Å². The number of benzene rings is 3. The van der Waals surface area contributed by atoms with Crippen LogP contribution >= 0.6 is 11.6 Å². The second kappa shape index (κ2) is 8.57. The summed E-state index contributed by atoms with van der Waals surface area (Å²) in [5.74, 6) is -0.648. The van der Waals surface area contributed by atoms with Crippen molar-refractivity contribution in [2.24, 2.45) is 0 Å². The van der Waals surface area contributed by atoms with Crippen molar-refractivity contribution in [3.63, 3.8) is 0 Å². The third-order valence-electron chi connectivity index (χ3n) is 5.69. The van der Waals surface area contributed by atoms with E-state index in [2.05, 4.69) is 0 Å². The molecular weight excluding hydrogens is 434 g/mol. The normalized spacial score (nSPS) is 11.1. The van der Waals surface area contributed by atoms with Gasteiger partial charge in [0.25, 0.3) is 0 Å². The highest BCUT2D eigenvalue weighted by molar-refractivity contribution is 6.30. The molecule has 0 N–H and O–H groups in total. The fourth-order valence-corrected chi connectivity index (χ4v) is 4.39. The molecule has 0 radical (unpaired) electrons. The molecule has 0 amide bonds. The molecule has 5 heteroatoms. The van der Waals surface area contributed by atoms with Crippen LogP contribution in [0.25, 0.3) is 27.4 Å². The van der Waals surface area contributed by atoms with Crippen molar-refractivity contribution >= 4 is 39.6 Å². The van der Waals surface area contributed by atoms with Gasteiger partial charge in [-0.05, 0) is 36.1 Å². The van der Waals surface area contributed by atoms with Gasteiger partial charge in [0.05, 0.1) is 17.7 Å². The Hall–Kier alpha value is -3.89. The van der Waals surface area contributed by atoms with Crippen LogP contribution in [0.1, 0.15) is 33.3 Å². The van der Waals surface area contributed by atoms with Crippen LogP contribution in [-0.4, -0.2) is 22.8 Å². The monoisotopic (exact) mass is 453 g/mol. The largest absolute Gasteiger partial charge is 0.462 e. The van der Waals surface area contributed by atoms with Gasteiger partial charge in [0, 0.05) is 27.7 Å². The van der Waals surface area contributed by atoms with E-state index in [-0.39, 0.29) is 12.4 Å². The number of hydrogen-bond acceptors (Lipinski definition) is 3. The van der Waals surface area contributed by atoms with Crippen LogP contribution in [0.5, 0.6) is 0 Å². The Morgan fingerprint density at radius 1 is 0.879 bits per heavy atom. The van der Waals surface area contributed by atoms with E-state index in [1.54, 1.807) is 31.2 Å². The average molecular weight is 454 g/mol. The van der Waals surface area contributed by atoms with Crippen LogP contribution in [0, 0.1) is 0 Å². The Kier molecular flexibility index (Phi) is 5.45. The number of rotatable bonds is 5. The Morgan fingerprint density at radius 3 is 2.30 bits per heavy atom. The molecule has 5 aromatic rings. The lowest BCUT2D eigenvalue weighted by Gasteiger charge is -2.08. The first-order valence-corrected chi connectivity index (χ1v) is 11.1. The van der Waals surface area contributed by atoms with Gasteiger partial charge >= 0.3 is 5.97 Å². The van der Waals surface area contributed by atoms with Crippen molar-refractivity contribution in [1.82, 2.24) is 4.40 Å². The smallest absolute Gasteiger partial charge is 0.341 e. The minimum atomic E-state index is -0.469. The summed E-state index contributed by atoms with van der Waals surface area (Å²) in [7, 11) is 0. The highest BCUT2D eigenvalue weighted by Gasteiger charge is 2.30. The molecule has 162 valence electrons. The van der Waals surface area contributed by atoms with E-state index in [1.807, 2.05) is 71.3 Å². The fourth-order valence-electron chi connectivity index (χ4n) is 4.26. The maximum absolute atomic E-state index is 13.9. The Labute approximate surface area is 196 Å². The summed E-state index contributed by atoms with van der Waals surface area (Å²) < 4.78 is 7.29. The molecule has 33 heavy (non-hydrogen) atoms. The van der Waals surface area contributed by atoms with E-state index in [9.17, 15) is 9.59 Å². The molecule has 0 spiro atoms. The van der Waals surface area contributed by atoms with Crippen molar-refractivity contribution in [2.45, 2.75) is 6.92 Å². The lowest BCUT2D eigenvalue weighted by molar-refractivity contribution is 0.0529. The molecule has 0 bridgehead atoms. The highest BCUT2D eigenvalue weighted by Crippen LogP contribution is 2.38. The summed E-state index contributed by atoms with van der Waals surface area (Å²) in [5.41, 5.74) is 3.22. The highest BCUT2D eigenvalue weighted by atomic mass is 35.5. The molecule has 0 saturated carbocycles. The Morgan fingerprint density at radius 2 is 1.58 bits per heavy atom. The third-order valence-corrected chi connectivity index (χ3v) is 5.94. The topological polar surface area (TPSA) is 47.8 Å². The van der Waals surface area contributed by atoms with Gasteiger partial charge in [0.1, 0.15) is 5.69 Å². The number of ether oxygens (including phenoxy) is 1. The standard InChI is InChI=1S/C28H20ClNO3/c1-2-33-28(32)24-23(19-12-14-21(29)15-13-19)26(27(31)20-9-4-3-5-10-20)30-17-16-18-8-6-7-11-22(18)25(24)30/h3-17H,2H2,1H3. The summed E-state index contributed by atoms with van der Waals surface area (Å²) in [6.07, 6.45) is 1.84. The molecule has 0 aliphatic heterocycles. The first kappa shape index (κ1) is 21.0. The molecule has 2 heterocycles. The van der Waals surface area contributed by atoms with Gasteiger partial charge < -0.3 is 9.14 Å². The average Bonchev–Trinajstić information content (AvgIpc) is 3.20. The van der Waals surface area contributed by atoms with Gasteiger partial charge in [-0.3, -0.25) is 4.79 Å². The lowest BCUT2D eigenvalue weighted by Crippen LogP contribution is -2.08. The maximum Gasteiger partial charge on any atom is 0.341 e. The molecule has 0 unspecified atom stereocenters. The summed E-state index contributed by atoms with van der Waals surface area (Å²) in [4.78, 5) is 27.2. The summed E-state index contributed by atoms with van der Waals surface area (Å²) in [5, 5.41) is 2.40. The van der Waals surface area contributed by atoms with Crippen LogP contribution < -0.4 is 0 Å². The molecule has 0 aliphatic rings. The summed E-state index contributed by atoms with van der Waals surface area (Å²) in [6.45, 7) is 2.00. The number of esters is 1.